The number of hydrogen-bond acceptors (Lipinski definition) is 5. The Kier molecular flexibility index (Phi) is 4.51. The van der Waals surface area contributed by atoms with Crippen LogP contribution in [-0.2, 0) is 0 Å². The molecule has 3 aromatic rings. The lowest BCUT2D eigenvalue weighted by Gasteiger charge is -1.99. The summed E-state index contributed by atoms with van der Waals surface area (Å²) in [6, 6.07) is 12.6. The van der Waals surface area contributed by atoms with E-state index in [2.05, 4.69) is 10.3 Å². The lowest BCUT2D eigenvalue weighted by atomic mass is 10.2. The monoisotopic (exact) mass is 340 g/mol. The fraction of sp³-hybridized carbons (Fsp3) is 0.0588. The van der Waals surface area contributed by atoms with Gasteiger partial charge in [-0.1, -0.05) is 17.3 Å². The smallest absolute Gasteiger partial charge is 0.269 e. The molecule has 0 radical (unpaired) electrons. The highest BCUT2D eigenvalue weighted by molar-refractivity contribution is 5.75. The van der Waals surface area contributed by atoms with Crippen LogP contribution in [0, 0.1) is 10.1 Å². The quantitative estimate of drug-likeness (QED) is 0.523. The van der Waals surface area contributed by atoms with Gasteiger partial charge in [-0.05, 0) is 35.9 Å². The number of nitro groups is 1. The number of rotatable bonds is 5. The van der Waals surface area contributed by atoms with Crippen molar-refractivity contribution in [3.05, 3.63) is 76.1 Å². The summed E-state index contributed by atoms with van der Waals surface area (Å²) in [6.45, 7) is 0. The third kappa shape index (κ3) is 3.69. The van der Waals surface area contributed by atoms with Crippen molar-refractivity contribution in [2.24, 2.45) is 0 Å². The Hall–Kier alpha value is -3.55. The Labute approximate surface area is 142 Å². The van der Waals surface area contributed by atoms with Crippen molar-refractivity contribution in [2.75, 3.05) is 7.11 Å². The number of hydrogen-bond donors (Lipinski definition) is 0. The summed E-state index contributed by atoms with van der Waals surface area (Å²) in [6.07, 6.45) is 2.75. The Morgan fingerprint density at radius 3 is 2.48 bits per heavy atom. The van der Waals surface area contributed by atoms with Crippen LogP contribution in [0.5, 0.6) is 5.75 Å². The zero-order chi connectivity index (χ0) is 17.8. The molecule has 0 saturated carbocycles. The SMILES string of the molecule is COc1ccc(/C=C(/F)c2cn(-c3ccc([N+](=O)[O-])cc3)nn2)cc1. The topological polar surface area (TPSA) is 83.1 Å². The van der Waals surface area contributed by atoms with Crippen molar-refractivity contribution < 1.29 is 14.1 Å². The van der Waals surface area contributed by atoms with Crippen LogP contribution in [-0.4, -0.2) is 27.0 Å². The molecule has 1 aromatic heterocycles. The average molecular weight is 340 g/mol. The van der Waals surface area contributed by atoms with Crippen LogP contribution in [0.3, 0.4) is 0 Å². The minimum absolute atomic E-state index is 0.0327. The van der Waals surface area contributed by atoms with Crippen LogP contribution in [0.4, 0.5) is 10.1 Å². The summed E-state index contributed by atoms with van der Waals surface area (Å²) in [4.78, 5) is 10.2. The molecule has 0 spiro atoms. The fourth-order valence-corrected chi connectivity index (χ4v) is 2.15. The van der Waals surface area contributed by atoms with E-state index in [1.54, 1.807) is 31.4 Å². The third-order valence-corrected chi connectivity index (χ3v) is 3.47. The van der Waals surface area contributed by atoms with Crippen LogP contribution < -0.4 is 4.74 Å². The molecule has 0 aliphatic carbocycles. The van der Waals surface area contributed by atoms with E-state index in [1.165, 1.54) is 41.2 Å². The molecule has 0 bridgehead atoms. The van der Waals surface area contributed by atoms with Gasteiger partial charge in [0.1, 0.15) is 11.4 Å². The summed E-state index contributed by atoms with van der Waals surface area (Å²) < 4.78 is 20.7. The highest BCUT2D eigenvalue weighted by Gasteiger charge is 2.10. The molecular weight excluding hydrogens is 327 g/mol. The second-order valence-electron chi connectivity index (χ2n) is 5.09. The molecule has 2 aromatic carbocycles. The Bertz CT molecular complexity index is 918. The molecule has 1 heterocycles. The molecule has 25 heavy (non-hydrogen) atoms. The maximum Gasteiger partial charge on any atom is 0.269 e. The maximum atomic E-state index is 14.3. The normalized spacial score (nSPS) is 11.4. The second-order valence-corrected chi connectivity index (χ2v) is 5.09. The maximum absolute atomic E-state index is 14.3. The molecule has 0 unspecified atom stereocenters. The van der Waals surface area contributed by atoms with E-state index in [1.807, 2.05) is 0 Å². The van der Waals surface area contributed by atoms with Crippen molar-refractivity contribution in [3.63, 3.8) is 0 Å². The van der Waals surface area contributed by atoms with E-state index in [0.29, 0.717) is 17.0 Å². The van der Waals surface area contributed by atoms with Crippen molar-refractivity contribution >= 4 is 17.6 Å². The van der Waals surface area contributed by atoms with E-state index in [4.69, 9.17) is 4.74 Å². The summed E-state index contributed by atoms with van der Waals surface area (Å²) in [7, 11) is 1.56. The average Bonchev–Trinajstić information content (AvgIpc) is 3.13. The molecule has 0 atom stereocenters. The van der Waals surface area contributed by atoms with Crippen molar-refractivity contribution in [2.45, 2.75) is 0 Å². The predicted molar refractivity (Wildman–Crippen MR) is 90.0 cm³/mol. The molecule has 0 aliphatic rings. The van der Waals surface area contributed by atoms with Crippen LogP contribution >= 0.6 is 0 Å². The van der Waals surface area contributed by atoms with Crippen LogP contribution in [0.15, 0.2) is 54.7 Å². The number of halogens is 1. The first-order chi connectivity index (χ1) is 12.1. The first-order valence-electron chi connectivity index (χ1n) is 7.25. The summed E-state index contributed by atoms with van der Waals surface area (Å²) in [5, 5.41) is 18.3. The van der Waals surface area contributed by atoms with Gasteiger partial charge in [-0.2, -0.15) is 0 Å². The molecule has 126 valence electrons. The van der Waals surface area contributed by atoms with Gasteiger partial charge in [-0.25, -0.2) is 9.07 Å². The number of aromatic nitrogens is 3. The Morgan fingerprint density at radius 1 is 1.20 bits per heavy atom. The molecule has 8 heteroatoms. The largest absolute Gasteiger partial charge is 0.497 e. The van der Waals surface area contributed by atoms with Crippen molar-refractivity contribution in [1.82, 2.24) is 15.0 Å². The fourth-order valence-electron chi connectivity index (χ4n) is 2.15. The second kappa shape index (κ2) is 6.91. The van der Waals surface area contributed by atoms with Gasteiger partial charge in [0, 0.05) is 12.1 Å². The van der Waals surface area contributed by atoms with Crippen molar-refractivity contribution in [1.29, 1.82) is 0 Å². The molecular formula is C17H13FN4O3. The minimum atomic E-state index is -0.543. The van der Waals surface area contributed by atoms with Crippen LogP contribution in [0.25, 0.3) is 17.6 Å². The van der Waals surface area contributed by atoms with Gasteiger partial charge in [0.05, 0.1) is 23.9 Å². The first-order valence-corrected chi connectivity index (χ1v) is 7.25. The van der Waals surface area contributed by atoms with Gasteiger partial charge in [0.2, 0.25) is 0 Å². The zero-order valence-corrected chi connectivity index (χ0v) is 13.2. The Morgan fingerprint density at radius 2 is 1.88 bits per heavy atom. The van der Waals surface area contributed by atoms with Gasteiger partial charge >= 0.3 is 0 Å². The van der Waals surface area contributed by atoms with E-state index in [9.17, 15) is 14.5 Å². The van der Waals surface area contributed by atoms with E-state index >= 15 is 0 Å². The highest BCUT2D eigenvalue weighted by Crippen LogP contribution is 2.21. The van der Waals surface area contributed by atoms with Gasteiger partial charge in [0.25, 0.3) is 5.69 Å². The van der Waals surface area contributed by atoms with E-state index in [0.717, 1.165) is 0 Å². The van der Waals surface area contributed by atoms with E-state index < -0.39 is 10.8 Å². The summed E-state index contributed by atoms with van der Waals surface area (Å²) >= 11 is 0. The molecule has 3 rings (SSSR count). The summed E-state index contributed by atoms with van der Waals surface area (Å²) in [5.74, 6) is 0.139. The number of benzene rings is 2. The first kappa shape index (κ1) is 16.3. The lowest BCUT2D eigenvalue weighted by Crippen LogP contribution is -1.95. The van der Waals surface area contributed by atoms with Gasteiger partial charge in [-0.15, -0.1) is 5.10 Å². The molecule has 7 nitrogen and oxygen atoms in total. The number of non-ortho nitro benzene ring substituents is 1. The molecule has 0 amide bonds. The number of nitro benzene ring substituents is 1. The van der Waals surface area contributed by atoms with E-state index in [-0.39, 0.29) is 11.4 Å². The van der Waals surface area contributed by atoms with Gasteiger partial charge < -0.3 is 4.74 Å². The number of ether oxygens (including phenoxy) is 1. The standard InChI is InChI=1S/C17H13FN4O3/c1-25-15-8-2-12(3-9-15)10-16(18)17-11-21(20-19-17)13-4-6-14(7-5-13)22(23)24/h2-11H,1H3/b16-10+. The van der Waals surface area contributed by atoms with Gasteiger partial charge in [0.15, 0.2) is 5.83 Å². The zero-order valence-electron chi connectivity index (χ0n) is 13.2. The van der Waals surface area contributed by atoms with Crippen molar-refractivity contribution in [3.8, 4) is 11.4 Å². The molecule has 0 aliphatic heterocycles. The highest BCUT2D eigenvalue weighted by atomic mass is 19.1. The third-order valence-electron chi connectivity index (χ3n) is 3.47. The Balaban J connectivity index is 1.81. The lowest BCUT2D eigenvalue weighted by molar-refractivity contribution is -0.384. The number of methoxy groups -OCH3 is 1. The van der Waals surface area contributed by atoms with Crippen LogP contribution in [0.2, 0.25) is 0 Å². The summed E-state index contributed by atoms with van der Waals surface area (Å²) in [5.41, 5.74) is 1.23. The van der Waals surface area contributed by atoms with Crippen LogP contribution in [0.1, 0.15) is 11.3 Å². The molecule has 0 fully saturated rings. The molecule has 0 saturated heterocycles. The minimum Gasteiger partial charge on any atom is -0.497 e. The van der Waals surface area contributed by atoms with Gasteiger partial charge in [-0.3, -0.25) is 10.1 Å². The number of nitrogens with zero attached hydrogens (tertiary/aromatic N) is 4. The molecule has 0 N–H and O–H groups in total. The predicted octanol–water partition coefficient (Wildman–Crippen LogP) is 3.65.